The Balaban J connectivity index is 2.14. The zero-order chi connectivity index (χ0) is 19.3. The number of alkyl halides is 4. The van der Waals surface area contributed by atoms with Crippen molar-refractivity contribution in [3.8, 4) is 0 Å². The molecule has 6 nitrogen and oxygen atoms in total. The van der Waals surface area contributed by atoms with Crippen LogP contribution in [0, 0.1) is 0 Å². The van der Waals surface area contributed by atoms with Crippen molar-refractivity contribution in [3.05, 3.63) is 33.9 Å². The number of rotatable bonds is 8. The summed E-state index contributed by atoms with van der Waals surface area (Å²) in [5.74, 6) is -0.755. The summed E-state index contributed by atoms with van der Waals surface area (Å²) in [5.41, 5.74) is 0.615. The summed E-state index contributed by atoms with van der Waals surface area (Å²) in [6, 6.07) is 7.08. The van der Waals surface area contributed by atoms with E-state index in [9.17, 15) is 9.59 Å². The lowest BCUT2D eigenvalue weighted by atomic mass is 10.3. The number of hydrogen-bond acceptors (Lipinski definition) is 6. The van der Waals surface area contributed by atoms with E-state index in [0.717, 1.165) is 16.0 Å². The number of carbonyl (C=O) groups is 1. The highest BCUT2D eigenvalue weighted by Crippen LogP contribution is 2.34. The molecule has 11 heteroatoms. The van der Waals surface area contributed by atoms with Crippen molar-refractivity contribution in [2.75, 3.05) is 19.6 Å². The van der Waals surface area contributed by atoms with Gasteiger partial charge >= 0.3 is 10.8 Å². The van der Waals surface area contributed by atoms with Gasteiger partial charge in [-0.25, -0.2) is 0 Å². The molecule has 2 rings (SSSR count). The standard InChI is InChI=1S/C15H15Cl4NO5S/c1-23-8-9(6-16)24-13(15(17,18)19)25-12(21)7-20-10-4-2-3-5-11(10)26-14(20)22/h2-5,9,13H,6-8H2,1H3/t9-,13+/m0/s1. The van der Waals surface area contributed by atoms with E-state index in [1.807, 2.05) is 0 Å². The Bertz CT molecular complexity index is 803. The van der Waals surface area contributed by atoms with Crippen LogP contribution < -0.4 is 4.87 Å². The number of ether oxygens (including phenoxy) is 3. The molecule has 144 valence electrons. The summed E-state index contributed by atoms with van der Waals surface area (Å²) in [5, 5.41) is 0. The van der Waals surface area contributed by atoms with Crippen LogP contribution in [0.25, 0.3) is 10.2 Å². The van der Waals surface area contributed by atoms with E-state index < -0.39 is 22.2 Å². The van der Waals surface area contributed by atoms with Crippen LogP contribution in [0.3, 0.4) is 0 Å². The maximum Gasteiger partial charge on any atom is 0.328 e. The van der Waals surface area contributed by atoms with Crippen LogP contribution in [0.1, 0.15) is 0 Å². The fourth-order valence-electron chi connectivity index (χ4n) is 2.10. The molecule has 2 atom stereocenters. The zero-order valence-corrected chi connectivity index (χ0v) is 17.3. The van der Waals surface area contributed by atoms with E-state index in [0.29, 0.717) is 5.52 Å². The van der Waals surface area contributed by atoms with Gasteiger partial charge in [-0.2, -0.15) is 0 Å². The van der Waals surface area contributed by atoms with Crippen molar-refractivity contribution in [1.29, 1.82) is 0 Å². The summed E-state index contributed by atoms with van der Waals surface area (Å²) >= 11 is 24.3. The SMILES string of the molecule is COC[C@H](CCl)O[C@H](OC(=O)Cn1c(=O)sc2ccccc21)C(Cl)(Cl)Cl. The Morgan fingerprint density at radius 2 is 2.00 bits per heavy atom. The van der Waals surface area contributed by atoms with Gasteiger partial charge < -0.3 is 14.2 Å². The first kappa shape index (κ1) is 21.8. The van der Waals surface area contributed by atoms with Gasteiger partial charge in [0.25, 0.3) is 10.1 Å². The van der Waals surface area contributed by atoms with Crippen molar-refractivity contribution in [1.82, 2.24) is 4.57 Å². The number of aromatic nitrogens is 1. The van der Waals surface area contributed by atoms with Crippen LogP contribution in [0.15, 0.2) is 29.1 Å². The summed E-state index contributed by atoms with van der Waals surface area (Å²) < 4.78 is 15.5. The van der Waals surface area contributed by atoms with E-state index in [1.54, 1.807) is 24.3 Å². The van der Waals surface area contributed by atoms with Crippen LogP contribution in [-0.2, 0) is 25.5 Å². The van der Waals surface area contributed by atoms with Gasteiger partial charge in [-0.05, 0) is 12.1 Å². The van der Waals surface area contributed by atoms with E-state index in [-0.39, 0.29) is 23.9 Å². The molecule has 26 heavy (non-hydrogen) atoms. The minimum absolute atomic E-state index is 0.0390. The van der Waals surface area contributed by atoms with Crippen LogP contribution in [0.4, 0.5) is 0 Å². The third-order valence-electron chi connectivity index (χ3n) is 3.21. The lowest BCUT2D eigenvalue weighted by molar-refractivity contribution is -0.191. The first-order valence-corrected chi connectivity index (χ1v) is 9.79. The molecule has 0 fully saturated rings. The summed E-state index contributed by atoms with van der Waals surface area (Å²) in [4.78, 5) is 24.1. The molecule has 0 saturated carbocycles. The molecular formula is C15H15Cl4NO5S. The van der Waals surface area contributed by atoms with Gasteiger partial charge in [0.2, 0.25) is 0 Å². The number of esters is 1. The first-order chi connectivity index (χ1) is 12.3. The second-order valence-corrected chi connectivity index (χ2v) is 8.82. The Morgan fingerprint density at radius 1 is 1.31 bits per heavy atom. The molecule has 0 saturated heterocycles. The van der Waals surface area contributed by atoms with Crippen LogP contribution in [0.2, 0.25) is 0 Å². The van der Waals surface area contributed by atoms with Crippen molar-refractivity contribution < 1.29 is 19.0 Å². The monoisotopic (exact) mass is 461 g/mol. The third-order valence-corrected chi connectivity index (χ3v) is 5.05. The minimum Gasteiger partial charge on any atom is -0.430 e. The molecule has 1 aromatic carbocycles. The van der Waals surface area contributed by atoms with Gasteiger partial charge in [0, 0.05) is 7.11 Å². The molecule has 0 spiro atoms. The molecule has 0 aliphatic rings. The highest BCUT2D eigenvalue weighted by molar-refractivity contribution is 7.16. The number of hydrogen-bond donors (Lipinski definition) is 0. The van der Waals surface area contributed by atoms with Crippen molar-refractivity contribution in [2.24, 2.45) is 0 Å². The normalized spacial score (nSPS) is 14.3. The van der Waals surface area contributed by atoms with Crippen molar-refractivity contribution >= 4 is 73.9 Å². The molecule has 1 aromatic heterocycles. The smallest absolute Gasteiger partial charge is 0.328 e. The number of fused-ring (bicyclic) bond motifs is 1. The van der Waals surface area contributed by atoms with Crippen LogP contribution >= 0.6 is 57.7 Å². The number of carbonyl (C=O) groups excluding carboxylic acids is 1. The summed E-state index contributed by atoms with van der Waals surface area (Å²) in [6.07, 6.45) is -2.17. The van der Waals surface area contributed by atoms with Gasteiger partial charge in [-0.15, -0.1) is 11.6 Å². The van der Waals surface area contributed by atoms with E-state index in [2.05, 4.69) is 0 Å². The number of thiazole rings is 1. The van der Waals surface area contributed by atoms with Crippen LogP contribution in [0.5, 0.6) is 0 Å². The molecule has 1 heterocycles. The Hall–Kier alpha value is -0.540. The maximum absolute atomic E-state index is 12.3. The van der Waals surface area contributed by atoms with Gasteiger partial charge in [0.05, 0.1) is 28.8 Å². The largest absolute Gasteiger partial charge is 0.430 e. The first-order valence-electron chi connectivity index (χ1n) is 7.31. The van der Waals surface area contributed by atoms with Gasteiger partial charge in [0.15, 0.2) is 0 Å². The maximum atomic E-state index is 12.3. The number of para-hydroxylation sites is 1. The second-order valence-electron chi connectivity index (χ2n) is 5.15. The number of methoxy groups -OCH3 is 1. The fourth-order valence-corrected chi connectivity index (χ4v) is 3.44. The molecule has 0 aliphatic carbocycles. The van der Waals surface area contributed by atoms with E-state index in [1.165, 1.54) is 11.7 Å². The average molecular weight is 463 g/mol. The average Bonchev–Trinajstić information content (AvgIpc) is 2.88. The molecule has 2 aromatic rings. The molecule has 0 bridgehead atoms. The summed E-state index contributed by atoms with van der Waals surface area (Å²) in [7, 11) is 1.45. The highest BCUT2D eigenvalue weighted by atomic mass is 35.6. The van der Waals surface area contributed by atoms with Gasteiger partial charge in [-0.3, -0.25) is 14.2 Å². The van der Waals surface area contributed by atoms with E-state index >= 15 is 0 Å². The van der Waals surface area contributed by atoms with Crippen molar-refractivity contribution in [3.63, 3.8) is 0 Å². The Kier molecular flexibility index (Phi) is 8.03. The number of halogens is 4. The lowest BCUT2D eigenvalue weighted by Gasteiger charge is -2.27. The number of benzene rings is 1. The van der Waals surface area contributed by atoms with Crippen molar-refractivity contribution in [2.45, 2.75) is 22.7 Å². The molecule has 0 unspecified atom stereocenters. The second kappa shape index (κ2) is 9.59. The van der Waals surface area contributed by atoms with Gasteiger partial charge in [0.1, 0.15) is 6.54 Å². The van der Waals surface area contributed by atoms with Crippen LogP contribution in [-0.4, -0.2) is 46.3 Å². The quantitative estimate of drug-likeness (QED) is 0.340. The summed E-state index contributed by atoms with van der Waals surface area (Å²) in [6.45, 7) is -0.230. The van der Waals surface area contributed by atoms with E-state index in [4.69, 9.17) is 60.6 Å². The van der Waals surface area contributed by atoms with Gasteiger partial charge in [-0.1, -0.05) is 58.3 Å². The topological polar surface area (TPSA) is 66.8 Å². The highest BCUT2D eigenvalue weighted by Gasteiger charge is 2.39. The fraction of sp³-hybridized carbons (Fsp3) is 0.467. The Labute approximate surface area is 173 Å². The Morgan fingerprint density at radius 3 is 2.62 bits per heavy atom. The molecule has 0 N–H and O–H groups in total. The molecule has 0 aliphatic heterocycles. The minimum atomic E-state index is -2.05. The molecule has 0 radical (unpaired) electrons. The lowest BCUT2D eigenvalue weighted by Crippen LogP contribution is -2.40. The molecule has 0 amide bonds. The third kappa shape index (κ3) is 5.73. The predicted octanol–water partition coefficient (Wildman–Crippen LogP) is 3.57. The predicted molar refractivity (Wildman–Crippen MR) is 104 cm³/mol. The number of nitrogens with zero attached hydrogens (tertiary/aromatic N) is 1. The molecular weight excluding hydrogens is 448 g/mol. The zero-order valence-electron chi connectivity index (χ0n) is 13.5.